The van der Waals surface area contributed by atoms with Crippen LogP contribution in [0.5, 0.6) is 5.75 Å². The zero-order valence-electron chi connectivity index (χ0n) is 13.2. The number of furan rings is 1. The minimum absolute atomic E-state index is 0.0184. The molecule has 4 heteroatoms. The number of hydrogen-bond donors (Lipinski definition) is 1. The van der Waals surface area contributed by atoms with E-state index in [1.807, 2.05) is 68.4 Å². The third kappa shape index (κ3) is 3.54. The van der Waals surface area contributed by atoms with Crippen LogP contribution in [0.1, 0.15) is 24.3 Å². The summed E-state index contributed by atoms with van der Waals surface area (Å²) in [6.07, 6.45) is 0. The van der Waals surface area contributed by atoms with Gasteiger partial charge in [0.05, 0.1) is 6.04 Å². The average molecular weight is 309 g/mol. The SMILES string of the molecule is Cc1ccccc1OCC(=O)N[C@H](C)c1cc2ccccc2o1. The van der Waals surface area contributed by atoms with Gasteiger partial charge in [0.25, 0.3) is 5.91 Å². The number of benzene rings is 2. The standard InChI is InChI=1S/C19H19NO3/c1-13-7-3-5-9-16(13)22-12-19(21)20-14(2)18-11-15-8-4-6-10-17(15)23-18/h3-11,14H,12H2,1-2H3,(H,20,21)/t14-/m1/s1. The number of carbonyl (C=O) groups is 1. The lowest BCUT2D eigenvalue weighted by molar-refractivity contribution is -0.123. The molecule has 0 unspecified atom stereocenters. The summed E-state index contributed by atoms with van der Waals surface area (Å²) in [5, 5.41) is 3.92. The van der Waals surface area contributed by atoms with Crippen LogP contribution in [0.3, 0.4) is 0 Å². The molecule has 0 fully saturated rings. The van der Waals surface area contributed by atoms with E-state index in [0.29, 0.717) is 0 Å². The molecule has 0 aliphatic carbocycles. The Balaban J connectivity index is 1.60. The number of ether oxygens (including phenoxy) is 1. The van der Waals surface area contributed by atoms with Gasteiger partial charge in [-0.1, -0.05) is 36.4 Å². The Hall–Kier alpha value is -2.75. The van der Waals surface area contributed by atoms with Crippen molar-refractivity contribution >= 4 is 16.9 Å². The maximum Gasteiger partial charge on any atom is 0.258 e. The highest BCUT2D eigenvalue weighted by Crippen LogP contribution is 2.23. The number of rotatable bonds is 5. The van der Waals surface area contributed by atoms with Crippen molar-refractivity contribution in [2.24, 2.45) is 0 Å². The molecular formula is C19H19NO3. The van der Waals surface area contributed by atoms with E-state index in [9.17, 15) is 4.79 Å². The molecule has 1 aromatic heterocycles. The molecule has 0 aliphatic rings. The van der Waals surface area contributed by atoms with Crippen LogP contribution in [0.4, 0.5) is 0 Å². The number of nitrogens with one attached hydrogen (secondary N) is 1. The molecule has 2 aromatic carbocycles. The molecule has 0 saturated heterocycles. The Morgan fingerprint density at radius 2 is 1.91 bits per heavy atom. The van der Waals surface area contributed by atoms with E-state index < -0.39 is 0 Å². The first kappa shape index (κ1) is 15.2. The molecule has 3 rings (SSSR count). The number of carbonyl (C=O) groups excluding carboxylic acids is 1. The largest absolute Gasteiger partial charge is 0.484 e. The van der Waals surface area contributed by atoms with Crippen molar-refractivity contribution in [2.75, 3.05) is 6.61 Å². The highest BCUT2D eigenvalue weighted by Gasteiger charge is 2.14. The van der Waals surface area contributed by atoms with Crippen LogP contribution in [-0.2, 0) is 4.79 Å². The average Bonchev–Trinajstić information content (AvgIpc) is 2.98. The fraction of sp³-hybridized carbons (Fsp3) is 0.211. The third-order valence-electron chi connectivity index (χ3n) is 3.70. The number of hydrogen-bond acceptors (Lipinski definition) is 3. The Labute approximate surface area is 135 Å². The van der Waals surface area contributed by atoms with Gasteiger partial charge in [-0.2, -0.15) is 0 Å². The van der Waals surface area contributed by atoms with Gasteiger partial charge in [-0.3, -0.25) is 4.79 Å². The van der Waals surface area contributed by atoms with Crippen molar-refractivity contribution in [3.63, 3.8) is 0 Å². The van der Waals surface area contributed by atoms with E-state index in [1.165, 1.54) is 0 Å². The van der Waals surface area contributed by atoms with E-state index in [1.54, 1.807) is 0 Å². The second-order valence-electron chi connectivity index (χ2n) is 5.53. The fourth-order valence-electron chi connectivity index (χ4n) is 2.43. The van der Waals surface area contributed by atoms with Crippen molar-refractivity contribution < 1.29 is 13.9 Å². The summed E-state index contributed by atoms with van der Waals surface area (Å²) >= 11 is 0. The van der Waals surface area contributed by atoms with Gasteiger partial charge in [-0.15, -0.1) is 0 Å². The molecule has 0 bridgehead atoms. The molecule has 4 nitrogen and oxygen atoms in total. The topological polar surface area (TPSA) is 51.5 Å². The van der Waals surface area contributed by atoms with Crippen molar-refractivity contribution in [2.45, 2.75) is 19.9 Å². The van der Waals surface area contributed by atoms with Gasteiger partial charge >= 0.3 is 0 Å². The first-order valence-corrected chi connectivity index (χ1v) is 7.60. The second kappa shape index (κ2) is 6.57. The summed E-state index contributed by atoms with van der Waals surface area (Å²) < 4.78 is 11.3. The maximum atomic E-state index is 12.0. The molecule has 1 atom stereocenters. The normalized spacial score (nSPS) is 12.1. The summed E-state index contributed by atoms with van der Waals surface area (Å²) in [7, 11) is 0. The molecule has 3 aromatic rings. The zero-order valence-corrected chi connectivity index (χ0v) is 13.2. The van der Waals surface area contributed by atoms with Gasteiger partial charge in [0.2, 0.25) is 0 Å². The first-order chi connectivity index (χ1) is 11.1. The Kier molecular flexibility index (Phi) is 4.33. The number of amides is 1. The summed E-state index contributed by atoms with van der Waals surface area (Å²) in [5.74, 6) is 1.27. The number of fused-ring (bicyclic) bond motifs is 1. The quantitative estimate of drug-likeness (QED) is 0.775. The van der Waals surface area contributed by atoms with Crippen molar-refractivity contribution in [1.82, 2.24) is 5.32 Å². The lowest BCUT2D eigenvalue weighted by Crippen LogP contribution is -2.31. The Bertz CT molecular complexity index is 789. The predicted octanol–water partition coefficient (Wildman–Crippen LogP) is 4.00. The van der Waals surface area contributed by atoms with Gasteiger partial charge in [0.15, 0.2) is 6.61 Å². The van der Waals surface area contributed by atoms with Crippen LogP contribution >= 0.6 is 0 Å². The van der Waals surface area contributed by atoms with Crippen molar-refractivity contribution in [3.05, 3.63) is 65.9 Å². The zero-order chi connectivity index (χ0) is 16.2. The monoisotopic (exact) mass is 309 g/mol. The highest BCUT2D eigenvalue weighted by atomic mass is 16.5. The minimum Gasteiger partial charge on any atom is -0.484 e. The number of aryl methyl sites for hydroxylation is 1. The van der Waals surface area contributed by atoms with Crippen LogP contribution in [0.2, 0.25) is 0 Å². The van der Waals surface area contributed by atoms with E-state index in [4.69, 9.17) is 9.15 Å². The van der Waals surface area contributed by atoms with Gasteiger partial charge in [-0.05, 0) is 37.6 Å². The minimum atomic E-state index is -0.213. The second-order valence-corrected chi connectivity index (χ2v) is 5.53. The van der Waals surface area contributed by atoms with Gasteiger partial charge in [0, 0.05) is 5.39 Å². The molecule has 0 radical (unpaired) electrons. The van der Waals surface area contributed by atoms with Gasteiger partial charge in [-0.25, -0.2) is 0 Å². The number of para-hydroxylation sites is 2. The molecule has 1 N–H and O–H groups in total. The Morgan fingerprint density at radius 1 is 1.17 bits per heavy atom. The van der Waals surface area contributed by atoms with Gasteiger partial charge < -0.3 is 14.5 Å². The maximum absolute atomic E-state index is 12.0. The fourth-order valence-corrected chi connectivity index (χ4v) is 2.43. The highest BCUT2D eigenvalue weighted by molar-refractivity contribution is 5.79. The van der Waals surface area contributed by atoms with Crippen LogP contribution in [0, 0.1) is 6.92 Å². The summed E-state index contributed by atoms with van der Waals surface area (Å²) in [5.41, 5.74) is 1.82. The van der Waals surface area contributed by atoms with E-state index >= 15 is 0 Å². The molecule has 118 valence electrons. The summed E-state index contributed by atoms with van der Waals surface area (Å²) in [6, 6.07) is 17.1. The summed E-state index contributed by atoms with van der Waals surface area (Å²) in [4.78, 5) is 12.0. The molecule has 23 heavy (non-hydrogen) atoms. The van der Waals surface area contributed by atoms with Crippen LogP contribution in [-0.4, -0.2) is 12.5 Å². The van der Waals surface area contributed by atoms with E-state index in [2.05, 4.69) is 5.32 Å². The van der Waals surface area contributed by atoms with E-state index in [-0.39, 0.29) is 18.6 Å². The molecule has 0 spiro atoms. The van der Waals surface area contributed by atoms with Crippen LogP contribution < -0.4 is 10.1 Å². The molecular weight excluding hydrogens is 290 g/mol. The first-order valence-electron chi connectivity index (χ1n) is 7.60. The molecule has 1 heterocycles. The predicted molar refractivity (Wildman–Crippen MR) is 89.4 cm³/mol. The third-order valence-corrected chi connectivity index (χ3v) is 3.70. The Morgan fingerprint density at radius 3 is 2.70 bits per heavy atom. The molecule has 0 saturated carbocycles. The lowest BCUT2D eigenvalue weighted by Gasteiger charge is -2.13. The smallest absolute Gasteiger partial charge is 0.258 e. The van der Waals surface area contributed by atoms with Crippen molar-refractivity contribution in [1.29, 1.82) is 0 Å². The summed E-state index contributed by atoms with van der Waals surface area (Å²) in [6.45, 7) is 3.82. The van der Waals surface area contributed by atoms with Crippen molar-refractivity contribution in [3.8, 4) is 5.75 Å². The van der Waals surface area contributed by atoms with E-state index in [0.717, 1.165) is 28.0 Å². The molecule has 1 amide bonds. The molecule has 0 aliphatic heterocycles. The van der Waals surface area contributed by atoms with Crippen LogP contribution in [0.15, 0.2) is 59.0 Å². The van der Waals surface area contributed by atoms with Crippen LogP contribution in [0.25, 0.3) is 11.0 Å². The lowest BCUT2D eigenvalue weighted by atomic mass is 10.2. The van der Waals surface area contributed by atoms with Gasteiger partial charge in [0.1, 0.15) is 17.1 Å².